The molecule has 2 rings (SSSR count). The summed E-state index contributed by atoms with van der Waals surface area (Å²) < 4.78 is 0. The smallest absolute Gasteiger partial charge is 0.256 e. The Labute approximate surface area is 120 Å². The molecule has 4 heteroatoms. The van der Waals surface area contributed by atoms with Crippen molar-refractivity contribution in [1.82, 2.24) is 9.88 Å². The van der Waals surface area contributed by atoms with Crippen LogP contribution in [0.3, 0.4) is 0 Å². The van der Waals surface area contributed by atoms with Crippen LogP contribution in [0.4, 0.5) is 0 Å². The van der Waals surface area contributed by atoms with Crippen LogP contribution in [-0.4, -0.2) is 28.9 Å². The van der Waals surface area contributed by atoms with Crippen LogP contribution >= 0.6 is 11.6 Å². The summed E-state index contributed by atoms with van der Waals surface area (Å²) in [5.74, 6) is 0.538. The molecule has 1 heterocycles. The molecule has 1 aromatic heterocycles. The topological polar surface area (TPSA) is 33.2 Å². The Kier molecular flexibility index (Phi) is 4.46. The highest BCUT2D eigenvalue weighted by molar-refractivity contribution is 6.33. The van der Waals surface area contributed by atoms with Crippen LogP contribution in [0, 0.1) is 12.8 Å². The Hall–Kier alpha value is -1.09. The van der Waals surface area contributed by atoms with Gasteiger partial charge in [-0.1, -0.05) is 31.4 Å². The first kappa shape index (κ1) is 14.3. The Morgan fingerprint density at radius 3 is 2.74 bits per heavy atom. The van der Waals surface area contributed by atoms with Crippen molar-refractivity contribution < 1.29 is 4.79 Å². The number of nitrogens with zero attached hydrogens (tertiary/aromatic N) is 2. The molecule has 1 fully saturated rings. The average Bonchev–Trinajstić information content (AvgIpc) is 2.38. The van der Waals surface area contributed by atoms with Crippen molar-refractivity contribution in [3.8, 4) is 0 Å². The van der Waals surface area contributed by atoms with Gasteiger partial charge in [0.05, 0.1) is 10.6 Å². The number of hydrogen-bond acceptors (Lipinski definition) is 2. The van der Waals surface area contributed by atoms with E-state index >= 15 is 0 Å². The highest BCUT2D eigenvalue weighted by atomic mass is 35.5. The minimum Gasteiger partial charge on any atom is -0.338 e. The Bertz CT molecular complexity index is 475. The van der Waals surface area contributed by atoms with Gasteiger partial charge in [-0.05, 0) is 31.7 Å². The average molecular weight is 281 g/mol. The largest absolute Gasteiger partial charge is 0.338 e. The van der Waals surface area contributed by atoms with Crippen molar-refractivity contribution in [2.75, 3.05) is 7.05 Å². The lowest BCUT2D eigenvalue weighted by molar-refractivity contribution is 0.0628. The van der Waals surface area contributed by atoms with Gasteiger partial charge in [0.15, 0.2) is 0 Å². The molecule has 19 heavy (non-hydrogen) atoms. The van der Waals surface area contributed by atoms with Gasteiger partial charge in [-0.15, -0.1) is 0 Å². The molecule has 0 aliphatic heterocycles. The highest BCUT2D eigenvalue weighted by Crippen LogP contribution is 2.29. The lowest BCUT2D eigenvalue weighted by Crippen LogP contribution is -2.42. The first-order valence-corrected chi connectivity index (χ1v) is 7.28. The van der Waals surface area contributed by atoms with Gasteiger partial charge in [-0.3, -0.25) is 9.78 Å². The summed E-state index contributed by atoms with van der Waals surface area (Å²) in [5, 5.41) is 0.493. The number of carbonyl (C=O) groups is 1. The molecule has 1 aliphatic rings. The first-order chi connectivity index (χ1) is 9.00. The maximum absolute atomic E-state index is 12.5. The molecule has 0 aromatic carbocycles. The standard InChI is InChI=1S/C15H21ClN2O/c1-10-6-4-5-7-14(10)18(3)15(19)12-9-17-11(2)8-13(12)16/h8-10,14H,4-7H2,1-3H3. The molecule has 3 nitrogen and oxygen atoms in total. The predicted molar refractivity (Wildman–Crippen MR) is 77.5 cm³/mol. The van der Waals surface area contributed by atoms with Crippen LogP contribution in [0.2, 0.25) is 5.02 Å². The van der Waals surface area contributed by atoms with Gasteiger partial charge in [0.25, 0.3) is 5.91 Å². The summed E-state index contributed by atoms with van der Waals surface area (Å²) in [4.78, 5) is 18.5. The second-order valence-corrected chi connectivity index (χ2v) is 5.96. The summed E-state index contributed by atoms with van der Waals surface area (Å²) >= 11 is 6.16. The van der Waals surface area contributed by atoms with E-state index in [9.17, 15) is 4.79 Å². The minimum atomic E-state index is -0.0174. The summed E-state index contributed by atoms with van der Waals surface area (Å²) in [7, 11) is 1.88. The third kappa shape index (κ3) is 3.08. The Morgan fingerprint density at radius 2 is 2.11 bits per heavy atom. The third-order valence-corrected chi connectivity index (χ3v) is 4.42. The third-order valence-electron chi connectivity index (χ3n) is 4.10. The zero-order chi connectivity index (χ0) is 14.0. The maximum Gasteiger partial charge on any atom is 0.256 e. The minimum absolute atomic E-state index is 0.0174. The van der Waals surface area contributed by atoms with Gasteiger partial charge >= 0.3 is 0 Å². The van der Waals surface area contributed by atoms with E-state index in [0.717, 1.165) is 12.1 Å². The zero-order valence-electron chi connectivity index (χ0n) is 11.8. The summed E-state index contributed by atoms with van der Waals surface area (Å²) in [6.07, 6.45) is 6.34. The number of amides is 1. The van der Waals surface area contributed by atoms with Gasteiger partial charge in [-0.2, -0.15) is 0 Å². The fourth-order valence-electron chi connectivity index (χ4n) is 2.90. The molecular weight excluding hydrogens is 260 g/mol. The molecule has 104 valence electrons. The van der Waals surface area contributed by atoms with E-state index in [2.05, 4.69) is 11.9 Å². The summed E-state index contributed by atoms with van der Waals surface area (Å²) in [6.45, 7) is 4.09. The quantitative estimate of drug-likeness (QED) is 0.828. The van der Waals surface area contributed by atoms with E-state index in [0.29, 0.717) is 22.5 Å². The molecule has 0 spiro atoms. The fourth-order valence-corrected chi connectivity index (χ4v) is 3.18. The number of rotatable bonds is 2. The molecule has 0 saturated heterocycles. The van der Waals surface area contributed by atoms with Crippen LogP contribution in [0.15, 0.2) is 12.3 Å². The van der Waals surface area contributed by atoms with E-state index in [1.54, 1.807) is 12.3 Å². The molecular formula is C15H21ClN2O. The lowest BCUT2D eigenvalue weighted by Gasteiger charge is -2.36. The van der Waals surface area contributed by atoms with Crippen LogP contribution in [0.25, 0.3) is 0 Å². The van der Waals surface area contributed by atoms with E-state index < -0.39 is 0 Å². The number of aromatic nitrogens is 1. The van der Waals surface area contributed by atoms with Crippen LogP contribution < -0.4 is 0 Å². The molecule has 2 unspecified atom stereocenters. The van der Waals surface area contributed by atoms with Gasteiger partial charge in [0, 0.05) is 25.0 Å². The highest BCUT2D eigenvalue weighted by Gasteiger charge is 2.29. The summed E-state index contributed by atoms with van der Waals surface area (Å²) in [5.41, 5.74) is 1.34. The second kappa shape index (κ2) is 5.91. The molecule has 1 aromatic rings. The Morgan fingerprint density at radius 1 is 1.42 bits per heavy atom. The molecule has 1 amide bonds. The number of hydrogen-bond donors (Lipinski definition) is 0. The number of aryl methyl sites for hydroxylation is 1. The SMILES string of the molecule is Cc1cc(Cl)c(C(=O)N(C)C2CCCCC2C)cn1. The van der Waals surface area contributed by atoms with Crippen molar-refractivity contribution in [1.29, 1.82) is 0 Å². The fraction of sp³-hybridized carbons (Fsp3) is 0.600. The van der Waals surface area contributed by atoms with Crippen molar-refractivity contribution >= 4 is 17.5 Å². The molecule has 0 N–H and O–H groups in total. The number of pyridine rings is 1. The molecule has 2 atom stereocenters. The van der Waals surface area contributed by atoms with Crippen molar-refractivity contribution in [3.05, 3.63) is 28.5 Å². The van der Waals surface area contributed by atoms with Crippen molar-refractivity contribution in [2.24, 2.45) is 5.92 Å². The maximum atomic E-state index is 12.5. The lowest BCUT2D eigenvalue weighted by atomic mass is 9.85. The normalized spacial score (nSPS) is 23.2. The number of halogens is 1. The second-order valence-electron chi connectivity index (χ2n) is 5.55. The van der Waals surface area contributed by atoms with Gasteiger partial charge in [0.2, 0.25) is 0 Å². The predicted octanol–water partition coefficient (Wildman–Crippen LogP) is 3.69. The van der Waals surface area contributed by atoms with E-state index in [-0.39, 0.29) is 5.91 Å². The van der Waals surface area contributed by atoms with Crippen LogP contribution in [0.5, 0.6) is 0 Å². The molecule has 0 bridgehead atoms. The van der Waals surface area contributed by atoms with Gasteiger partial charge < -0.3 is 4.90 Å². The van der Waals surface area contributed by atoms with E-state index in [1.165, 1.54) is 19.3 Å². The zero-order valence-corrected chi connectivity index (χ0v) is 12.6. The van der Waals surface area contributed by atoms with Crippen LogP contribution in [-0.2, 0) is 0 Å². The Balaban J connectivity index is 2.18. The first-order valence-electron chi connectivity index (χ1n) is 6.90. The molecule has 0 radical (unpaired) electrons. The number of carbonyl (C=O) groups excluding carboxylic acids is 1. The molecule has 1 saturated carbocycles. The van der Waals surface area contributed by atoms with E-state index in [4.69, 9.17) is 11.6 Å². The van der Waals surface area contributed by atoms with Crippen molar-refractivity contribution in [2.45, 2.75) is 45.6 Å². The van der Waals surface area contributed by atoms with Gasteiger partial charge in [-0.25, -0.2) is 0 Å². The van der Waals surface area contributed by atoms with E-state index in [1.807, 2.05) is 18.9 Å². The monoisotopic (exact) mass is 280 g/mol. The van der Waals surface area contributed by atoms with Crippen LogP contribution in [0.1, 0.15) is 48.7 Å². The van der Waals surface area contributed by atoms with Crippen molar-refractivity contribution in [3.63, 3.8) is 0 Å². The van der Waals surface area contributed by atoms with Gasteiger partial charge in [0.1, 0.15) is 0 Å². The summed E-state index contributed by atoms with van der Waals surface area (Å²) in [6, 6.07) is 2.06. The molecule has 1 aliphatic carbocycles.